The number of ether oxygens (including phenoxy) is 1. The van der Waals surface area contributed by atoms with Crippen LogP contribution in [0.5, 0.6) is 0 Å². The summed E-state index contributed by atoms with van der Waals surface area (Å²) in [5.41, 5.74) is 0.759. The molecule has 0 amide bonds. The Morgan fingerprint density at radius 1 is 1.33 bits per heavy atom. The van der Waals surface area contributed by atoms with Crippen molar-refractivity contribution in [2.24, 2.45) is 5.92 Å². The monoisotopic (exact) mass is 372 g/mol. The molecular formula is C21H32N4O2. The van der Waals surface area contributed by atoms with Gasteiger partial charge < -0.3 is 15.2 Å². The van der Waals surface area contributed by atoms with Crippen molar-refractivity contribution in [2.45, 2.75) is 89.4 Å². The molecule has 2 aliphatic rings. The van der Waals surface area contributed by atoms with Crippen LogP contribution < -0.4 is 5.32 Å². The number of nitrogens with zero attached hydrogens (tertiary/aromatic N) is 3. The first-order valence-electron chi connectivity index (χ1n) is 10.4. The maximum Gasteiger partial charge on any atom is 0.223 e. The van der Waals surface area contributed by atoms with Crippen LogP contribution in [0.3, 0.4) is 0 Å². The van der Waals surface area contributed by atoms with Gasteiger partial charge in [-0.1, -0.05) is 6.42 Å². The number of hydrogen-bond acceptors (Lipinski definition) is 6. The molecule has 148 valence electrons. The van der Waals surface area contributed by atoms with Gasteiger partial charge in [-0.15, -0.1) is 0 Å². The van der Waals surface area contributed by atoms with E-state index in [1.54, 1.807) is 6.20 Å². The molecule has 2 aliphatic carbocycles. The second-order valence-electron chi connectivity index (χ2n) is 8.40. The standard InChI is InChI=1S/C21H32N4O2/c1-3-27-18-8-6-17(7-9-18)24-20-23-14-16(13-22)19(25-20)11-15-5-4-10-21(2,26)12-15/h14-15,17-18,26H,3-12H2,1-2H3,(H,23,24,25)/t15-,17?,18?,21-/m0/s1. The molecule has 0 bridgehead atoms. The summed E-state index contributed by atoms with van der Waals surface area (Å²) in [6.07, 6.45) is 10.7. The van der Waals surface area contributed by atoms with E-state index in [4.69, 9.17) is 4.74 Å². The summed E-state index contributed by atoms with van der Waals surface area (Å²) in [7, 11) is 0. The average molecular weight is 373 g/mol. The van der Waals surface area contributed by atoms with Crippen molar-refractivity contribution in [1.82, 2.24) is 9.97 Å². The van der Waals surface area contributed by atoms with Crippen LogP contribution in [0.1, 0.15) is 76.5 Å². The summed E-state index contributed by atoms with van der Waals surface area (Å²) >= 11 is 0. The quantitative estimate of drug-likeness (QED) is 0.793. The minimum absolute atomic E-state index is 0.359. The average Bonchev–Trinajstić information content (AvgIpc) is 2.63. The molecule has 1 aromatic rings. The largest absolute Gasteiger partial charge is 0.390 e. The van der Waals surface area contributed by atoms with Gasteiger partial charge in [0.1, 0.15) is 6.07 Å². The van der Waals surface area contributed by atoms with E-state index in [0.717, 1.165) is 70.1 Å². The van der Waals surface area contributed by atoms with E-state index in [1.807, 2.05) is 13.8 Å². The first kappa shape index (κ1) is 20.0. The normalized spacial score (nSPS) is 31.3. The van der Waals surface area contributed by atoms with E-state index in [1.165, 1.54) is 0 Å². The maximum atomic E-state index is 10.4. The fourth-order valence-corrected chi connectivity index (χ4v) is 4.57. The van der Waals surface area contributed by atoms with Gasteiger partial charge in [0.05, 0.1) is 29.2 Å². The van der Waals surface area contributed by atoms with Gasteiger partial charge in [0.15, 0.2) is 0 Å². The highest BCUT2D eigenvalue weighted by Crippen LogP contribution is 2.34. The first-order valence-corrected chi connectivity index (χ1v) is 10.4. The number of nitrogens with one attached hydrogen (secondary N) is 1. The summed E-state index contributed by atoms with van der Waals surface area (Å²) in [5, 5.41) is 23.2. The molecule has 2 atom stereocenters. The Bertz CT molecular complexity index is 663. The highest BCUT2D eigenvalue weighted by molar-refractivity contribution is 5.37. The van der Waals surface area contributed by atoms with Crippen molar-refractivity contribution in [1.29, 1.82) is 5.26 Å². The molecular weight excluding hydrogens is 340 g/mol. The second kappa shape index (κ2) is 8.99. The summed E-state index contributed by atoms with van der Waals surface area (Å²) in [4.78, 5) is 9.03. The summed E-state index contributed by atoms with van der Waals surface area (Å²) in [6.45, 7) is 4.73. The molecule has 1 heterocycles. The van der Waals surface area contributed by atoms with Crippen molar-refractivity contribution in [2.75, 3.05) is 11.9 Å². The van der Waals surface area contributed by atoms with Crippen LogP contribution in [0.15, 0.2) is 6.20 Å². The lowest BCUT2D eigenvalue weighted by Crippen LogP contribution is -2.33. The van der Waals surface area contributed by atoms with E-state index in [-0.39, 0.29) is 0 Å². The first-order chi connectivity index (χ1) is 13.0. The maximum absolute atomic E-state index is 10.4. The van der Waals surface area contributed by atoms with E-state index >= 15 is 0 Å². The third kappa shape index (κ3) is 5.63. The lowest BCUT2D eigenvalue weighted by Gasteiger charge is -2.34. The highest BCUT2D eigenvalue weighted by atomic mass is 16.5. The van der Waals surface area contributed by atoms with Gasteiger partial charge in [-0.05, 0) is 71.1 Å². The topological polar surface area (TPSA) is 91.1 Å². The Morgan fingerprint density at radius 3 is 2.78 bits per heavy atom. The van der Waals surface area contributed by atoms with Crippen LogP contribution in [-0.4, -0.2) is 39.4 Å². The minimum atomic E-state index is -0.594. The number of anilines is 1. The van der Waals surface area contributed by atoms with Crippen molar-refractivity contribution in [3.63, 3.8) is 0 Å². The molecule has 3 rings (SSSR count). The van der Waals surface area contributed by atoms with Crippen LogP contribution in [0.25, 0.3) is 0 Å². The van der Waals surface area contributed by atoms with Crippen molar-refractivity contribution < 1.29 is 9.84 Å². The van der Waals surface area contributed by atoms with Gasteiger partial charge in [-0.3, -0.25) is 0 Å². The lowest BCUT2D eigenvalue weighted by atomic mass is 9.77. The van der Waals surface area contributed by atoms with E-state index < -0.39 is 5.60 Å². The van der Waals surface area contributed by atoms with Crippen LogP contribution in [-0.2, 0) is 11.2 Å². The molecule has 6 heteroatoms. The molecule has 0 spiro atoms. The smallest absolute Gasteiger partial charge is 0.223 e. The minimum Gasteiger partial charge on any atom is -0.390 e. The Kier molecular flexibility index (Phi) is 6.67. The number of rotatable bonds is 6. The molecule has 0 unspecified atom stereocenters. The summed E-state index contributed by atoms with van der Waals surface area (Å²) < 4.78 is 5.72. The van der Waals surface area contributed by atoms with Crippen LogP contribution in [0.2, 0.25) is 0 Å². The molecule has 0 aromatic carbocycles. The zero-order chi connectivity index (χ0) is 19.3. The fourth-order valence-electron chi connectivity index (χ4n) is 4.57. The molecule has 2 saturated carbocycles. The highest BCUT2D eigenvalue weighted by Gasteiger charge is 2.30. The molecule has 2 fully saturated rings. The van der Waals surface area contributed by atoms with Gasteiger partial charge in [-0.25, -0.2) is 9.97 Å². The zero-order valence-corrected chi connectivity index (χ0v) is 16.6. The number of hydrogen-bond donors (Lipinski definition) is 2. The Labute approximate surface area is 162 Å². The van der Waals surface area contributed by atoms with Crippen molar-refractivity contribution >= 4 is 5.95 Å². The number of nitriles is 1. The van der Waals surface area contributed by atoms with Crippen LogP contribution >= 0.6 is 0 Å². The lowest BCUT2D eigenvalue weighted by molar-refractivity contribution is 0.00107. The van der Waals surface area contributed by atoms with E-state index in [0.29, 0.717) is 29.6 Å². The van der Waals surface area contributed by atoms with Gasteiger partial charge >= 0.3 is 0 Å². The fraction of sp³-hybridized carbons (Fsp3) is 0.762. The van der Waals surface area contributed by atoms with Crippen LogP contribution in [0, 0.1) is 17.2 Å². The Hall–Kier alpha value is -1.71. The van der Waals surface area contributed by atoms with E-state index in [9.17, 15) is 10.4 Å². The van der Waals surface area contributed by atoms with Crippen molar-refractivity contribution in [3.8, 4) is 6.07 Å². The molecule has 0 aliphatic heterocycles. The van der Waals surface area contributed by atoms with E-state index in [2.05, 4.69) is 21.4 Å². The van der Waals surface area contributed by atoms with Crippen molar-refractivity contribution in [3.05, 3.63) is 17.5 Å². The molecule has 6 nitrogen and oxygen atoms in total. The van der Waals surface area contributed by atoms with Gasteiger partial charge in [0, 0.05) is 12.6 Å². The molecule has 2 N–H and O–H groups in total. The molecule has 0 radical (unpaired) electrons. The van der Waals surface area contributed by atoms with Gasteiger partial charge in [0.25, 0.3) is 0 Å². The molecule has 1 aromatic heterocycles. The second-order valence-corrected chi connectivity index (χ2v) is 8.40. The Morgan fingerprint density at radius 2 is 2.11 bits per heavy atom. The SMILES string of the molecule is CCOC1CCC(Nc2ncc(C#N)c(C[C@@H]3CCC[C@](C)(O)C3)n2)CC1. The predicted octanol–water partition coefficient (Wildman–Crippen LogP) is 3.59. The molecule has 27 heavy (non-hydrogen) atoms. The zero-order valence-electron chi connectivity index (χ0n) is 16.6. The Balaban J connectivity index is 1.63. The summed E-state index contributed by atoms with van der Waals surface area (Å²) in [6, 6.07) is 2.58. The van der Waals surface area contributed by atoms with Crippen LogP contribution in [0.4, 0.5) is 5.95 Å². The number of aromatic nitrogens is 2. The molecule has 0 saturated heterocycles. The summed E-state index contributed by atoms with van der Waals surface area (Å²) in [5.74, 6) is 0.983. The number of aliphatic hydroxyl groups is 1. The third-order valence-corrected chi connectivity index (χ3v) is 5.94. The van der Waals surface area contributed by atoms with Gasteiger partial charge in [-0.2, -0.15) is 5.26 Å². The predicted molar refractivity (Wildman–Crippen MR) is 104 cm³/mol. The third-order valence-electron chi connectivity index (χ3n) is 5.94. The van der Waals surface area contributed by atoms with Gasteiger partial charge in [0.2, 0.25) is 5.95 Å².